The molecule has 5 aromatic rings. The predicted octanol–water partition coefficient (Wildman–Crippen LogP) is 5.10. The van der Waals surface area contributed by atoms with Crippen molar-refractivity contribution < 1.29 is 9.84 Å². The van der Waals surface area contributed by atoms with Crippen molar-refractivity contribution in [2.24, 2.45) is 0 Å². The first-order valence-electron chi connectivity index (χ1n) is 9.14. The Morgan fingerprint density at radius 3 is 2.36 bits per heavy atom. The quantitative estimate of drug-likeness (QED) is 0.451. The standard InChI is InChI=1S/C24H18N2O2/c1-28-17-8-10-18-21(12-17)20-11-15(14-27)7-9-19(20)24-23(18)25-13-22(26-24)16-5-3-2-4-6-16/h2-13,27H,14H2,1H3. The molecule has 0 spiro atoms. The van der Waals surface area contributed by atoms with E-state index in [0.717, 1.165) is 55.1 Å². The number of fused-ring (bicyclic) bond motifs is 6. The zero-order valence-electron chi connectivity index (χ0n) is 15.4. The largest absolute Gasteiger partial charge is 0.497 e. The lowest BCUT2D eigenvalue weighted by Crippen LogP contribution is -1.94. The van der Waals surface area contributed by atoms with Crippen LogP contribution in [0.3, 0.4) is 0 Å². The predicted molar refractivity (Wildman–Crippen MR) is 112 cm³/mol. The van der Waals surface area contributed by atoms with Gasteiger partial charge in [-0.15, -0.1) is 0 Å². The SMILES string of the molecule is COc1ccc2c(c1)c1cc(CO)ccc1c1nc(-c3ccccc3)cnc21. The second-order valence-electron chi connectivity index (χ2n) is 6.77. The van der Waals surface area contributed by atoms with Crippen LogP contribution in [0.2, 0.25) is 0 Å². The van der Waals surface area contributed by atoms with Crippen LogP contribution in [0.25, 0.3) is 43.8 Å². The van der Waals surface area contributed by atoms with Crippen molar-refractivity contribution in [3.8, 4) is 17.0 Å². The van der Waals surface area contributed by atoms with Crippen LogP contribution in [0, 0.1) is 0 Å². The minimum atomic E-state index is -0.00479. The lowest BCUT2D eigenvalue weighted by Gasteiger charge is -2.12. The van der Waals surface area contributed by atoms with Crippen molar-refractivity contribution in [3.63, 3.8) is 0 Å². The average molecular weight is 366 g/mol. The summed E-state index contributed by atoms with van der Waals surface area (Å²) in [6, 6.07) is 22.0. The van der Waals surface area contributed by atoms with Crippen LogP contribution in [0.5, 0.6) is 5.75 Å². The van der Waals surface area contributed by atoms with Gasteiger partial charge in [0.15, 0.2) is 0 Å². The molecule has 1 N–H and O–H groups in total. The molecule has 5 rings (SSSR count). The van der Waals surface area contributed by atoms with Crippen molar-refractivity contribution in [2.75, 3.05) is 7.11 Å². The van der Waals surface area contributed by atoms with E-state index in [-0.39, 0.29) is 6.61 Å². The number of hydrogen-bond donors (Lipinski definition) is 1. The van der Waals surface area contributed by atoms with Crippen molar-refractivity contribution in [1.82, 2.24) is 9.97 Å². The van der Waals surface area contributed by atoms with E-state index in [1.807, 2.05) is 72.9 Å². The van der Waals surface area contributed by atoms with E-state index in [0.29, 0.717) is 0 Å². The first-order chi connectivity index (χ1) is 13.8. The molecule has 0 amide bonds. The van der Waals surface area contributed by atoms with Crippen LogP contribution in [-0.4, -0.2) is 22.2 Å². The van der Waals surface area contributed by atoms with Gasteiger partial charge in [-0.1, -0.05) is 42.5 Å². The molecule has 0 fully saturated rings. The van der Waals surface area contributed by atoms with E-state index in [1.165, 1.54) is 0 Å². The Hall–Kier alpha value is -3.50. The second-order valence-corrected chi connectivity index (χ2v) is 6.77. The summed E-state index contributed by atoms with van der Waals surface area (Å²) in [4.78, 5) is 9.75. The number of benzene rings is 4. The summed E-state index contributed by atoms with van der Waals surface area (Å²) in [5.41, 5.74) is 4.46. The lowest BCUT2D eigenvalue weighted by atomic mass is 9.97. The smallest absolute Gasteiger partial charge is 0.119 e. The maximum absolute atomic E-state index is 9.62. The van der Waals surface area contributed by atoms with Crippen LogP contribution in [0.1, 0.15) is 5.56 Å². The Kier molecular flexibility index (Phi) is 3.92. The molecule has 0 atom stereocenters. The van der Waals surface area contributed by atoms with E-state index in [4.69, 9.17) is 14.7 Å². The van der Waals surface area contributed by atoms with Gasteiger partial charge in [-0.05, 0) is 40.6 Å². The molecule has 28 heavy (non-hydrogen) atoms. The molecule has 0 aliphatic rings. The van der Waals surface area contributed by atoms with Gasteiger partial charge in [0.2, 0.25) is 0 Å². The first-order valence-corrected chi connectivity index (χ1v) is 9.14. The minimum Gasteiger partial charge on any atom is -0.497 e. The van der Waals surface area contributed by atoms with Gasteiger partial charge in [-0.2, -0.15) is 0 Å². The summed E-state index contributed by atoms with van der Waals surface area (Å²) < 4.78 is 5.43. The summed E-state index contributed by atoms with van der Waals surface area (Å²) in [7, 11) is 1.66. The molecule has 0 radical (unpaired) electrons. The van der Waals surface area contributed by atoms with E-state index in [1.54, 1.807) is 7.11 Å². The van der Waals surface area contributed by atoms with Crippen LogP contribution < -0.4 is 4.74 Å². The molecule has 136 valence electrons. The van der Waals surface area contributed by atoms with Crippen LogP contribution in [-0.2, 0) is 6.61 Å². The fourth-order valence-electron chi connectivity index (χ4n) is 3.72. The van der Waals surface area contributed by atoms with Crippen molar-refractivity contribution in [3.05, 3.63) is 78.5 Å². The minimum absolute atomic E-state index is 0.00479. The third kappa shape index (κ3) is 2.58. The highest BCUT2D eigenvalue weighted by Crippen LogP contribution is 2.36. The van der Waals surface area contributed by atoms with Crippen molar-refractivity contribution >= 4 is 32.6 Å². The summed E-state index contributed by atoms with van der Waals surface area (Å²) in [6.45, 7) is -0.00479. The molecule has 0 aliphatic heterocycles. The van der Waals surface area contributed by atoms with E-state index in [2.05, 4.69) is 0 Å². The Balaban J connectivity index is 1.93. The Labute approximate surface area is 162 Å². The van der Waals surface area contributed by atoms with Gasteiger partial charge in [0.25, 0.3) is 0 Å². The number of aromatic nitrogens is 2. The Morgan fingerprint density at radius 2 is 1.57 bits per heavy atom. The lowest BCUT2D eigenvalue weighted by molar-refractivity contribution is 0.282. The summed E-state index contributed by atoms with van der Waals surface area (Å²) in [6.07, 6.45) is 1.83. The van der Waals surface area contributed by atoms with Gasteiger partial charge in [0.1, 0.15) is 5.75 Å². The highest BCUT2D eigenvalue weighted by Gasteiger charge is 2.13. The highest BCUT2D eigenvalue weighted by atomic mass is 16.5. The third-order valence-electron chi connectivity index (χ3n) is 5.14. The molecule has 0 unspecified atom stereocenters. The van der Waals surface area contributed by atoms with Gasteiger partial charge in [0, 0.05) is 16.3 Å². The van der Waals surface area contributed by atoms with Gasteiger partial charge < -0.3 is 9.84 Å². The summed E-state index contributed by atoms with van der Waals surface area (Å²) in [5, 5.41) is 13.7. The number of nitrogens with zero attached hydrogens (tertiary/aromatic N) is 2. The number of rotatable bonds is 3. The molecule has 1 aromatic heterocycles. The Bertz CT molecular complexity index is 1330. The number of aliphatic hydroxyl groups excluding tert-OH is 1. The number of hydrogen-bond acceptors (Lipinski definition) is 4. The molecule has 0 aliphatic carbocycles. The fraction of sp³-hybridized carbons (Fsp3) is 0.0833. The molecule has 0 bridgehead atoms. The maximum atomic E-state index is 9.62. The molecule has 4 heteroatoms. The zero-order valence-corrected chi connectivity index (χ0v) is 15.4. The molecule has 4 aromatic carbocycles. The average Bonchev–Trinajstić information content (AvgIpc) is 2.78. The topological polar surface area (TPSA) is 55.2 Å². The number of methoxy groups -OCH3 is 1. The van der Waals surface area contributed by atoms with Crippen LogP contribution >= 0.6 is 0 Å². The van der Waals surface area contributed by atoms with Crippen LogP contribution in [0.4, 0.5) is 0 Å². The number of ether oxygens (including phenoxy) is 1. The molecule has 0 saturated carbocycles. The third-order valence-corrected chi connectivity index (χ3v) is 5.14. The summed E-state index contributed by atoms with van der Waals surface area (Å²) >= 11 is 0. The van der Waals surface area contributed by atoms with Gasteiger partial charge in [0.05, 0.1) is 36.6 Å². The van der Waals surface area contributed by atoms with Gasteiger partial charge in [-0.25, -0.2) is 4.98 Å². The molecule has 0 saturated heterocycles. The molecular weight excluding hydrogens is 348 g/mol. The Morgan fingerprint density at radius 1 is 0.821 bits per heavy atom. The first kappa shape index (κ1) is 16.7. The van der Waals surface area contributed by atoms with E-state index in [9.17, 15) is 5.11 Å². The maximum Gasteiger partial charge on any atom is 0.119 e. The molecule has 4 nitrogen and oxygen atoms in total. The molecular formula is C24H18N2O2. The molecule has 1 heterocycles. The normalized spacial score (nSPS) is 11.4. The fourth-order valence-corrected chi connectivity index (χ4v) is 3.72. The zero-order chi connectivity index (χ0) is 19.1. The van der Waals surface area contributed by atoms with Gasteiger partial charge in [-0.3, -0.25) is 4.98 Å². The van der Waals surface area contributed by atoms with Gasteiger partial charge >= 0.3 is 0 Å². The monoisotopic (exact) mass is 366 g/mol. The van der Waals surface area contributed by atoms with Crippen molar-refractivity contribution in [1.29, 1.82) is 0 Å². The number of aliphatic hydroxyl groups is 1. The van der Waals surface area contributed by atoms with E-state index < -0.39 is 0 Å². The highest BCUT2D eigenvalue weighted by molar-refractivity contribution is 6.23. The van der Waals surface area contributed by atoms with Crippen molar-refractivity contribution in [2.45, 2.75) is 6.61 Å². The van der Waals surface area contributed by atoms with Crippen LogP contribution in [0.15, 0.2) is 72.9 Å². The second kappa shape index (κ2) is 6.59. The summed E-state index contributed by atoms with van der Waals surface area (Å²) in [5.74, 6) is 0.788. The van der Waals surface area contributed by atoms with E-state index >= 15 is 0 Å².